The van der Waals surface area contributed by atoms with Crippen molar-refractivity contribution in [2.75, 3.05) is 0 Å². The molecular formula is C54H34N4. The molecular weight excluding hydrogens is 705 g/mol. The molecule has 0 atom stereocenters. The standard InChI is InChI=1S/C54H34N4/c1-2-11-44-42(9-1)43-10-3-4-12-45(43)48-33-38(21-27-46(44)48)39-22-28-52-49(34-39)47-13-5-7-15-51(47)57(52)40-23-25-41(26-24-40)58-53-16-8-6-14-50(53)56-54(58)37-19-17-35(18-20-37)36-29-31-55-32-30-36/h1-34H. The number of imidazole rings is 1. The lowest BCUT2D eigenvalue weighted by Gasteiger charge is -2.13. The lowest BCUT2D eigenvalue weighted by Crippen LogP contribution is -1.99. The Bertz CT molecular complexity index is 3500. The van der Waals surface area contributed by atoms with Crippen molar-refractivity contribution < 1.29 is 0 Å². The monoisotopic (exact) mass is 738 g/mol. The van der Waals surface area contributed by atoms with E-state index in [0.717, 1.165) is 44.9 Å². The van der Waals surface area contributed by atoms with Gasteiger partial charge in [-0.1, -0.05) is 121 Å². The van der Waals surface area contributed by atoms with Crippen LogP contribution in [0.1, 0.15) is 0 Å². The Labute approximate surface area is 334 Å². The van der Waals surface area contributed by atoms with Crippen LogP contribution in [0.15, 0.2) is 207 Å². The molecule has 4 nitrogen and oxygen atoms in total. The van der Waals surface area contributed by atoms with E-state index in [4.69, 9.17) is 4.98 Å². The summed E-state index contributed by atoms with van der Waals surface area (Å²) in [5, 5.41) is 10.2. The predicted octanol–water partition coefficient (Wildman–Crippen LogP) is 14.0. The van der Waals surface area contributed by atoms with E-state index in [0.29, 0.717) is 0 Å². The first-order valence-electron chi connectivity index (χ1n) is 19.7. The molecule has 58 heavy (non-hydrogen) atoms. The van der Waals surface area contributed by atoms with Gasteiger partial charge in [0, 0.05) is 40.1 Å². The Kier molecular flexibility index (Phi) is 7.20. The molecule has 3 heterocycles. The maximum atomic E-state index is 5.14. The Hall–Kier alpha value is -7.82. The van der Waals surface area contributed by atoms with Gasteiger partial charge in [0.15, 0.2) is 0 Å². The largest absolute Gasteiger partial charge is 0.309 e. The third-order valence-electron chi connectivity index (χ3n) is 11.8. The zero-order valence-corrected chi connectivity index (χ0v) is 31.4. The zero-order valence-electron chi connectivity index (χ0n) is 31.4. The van der Waals surface area contributed by atoms with Gasteiger partial charge in [0.1, 0.15) is 5.82 Å². The van der Waals surface area contributed by atoms with Crippen molar-refractivity contribution in [3.63, 3.8) is 0 Å². The molecule has 0 fully saturated rings. The summed E-state index contributed by atoms with van der Waals surface area (Å²) >= 11 is 0. The van der Waals surface area contributed by atoms with Crippen LogP contribution in [-0.4, -0.2) is 19.1 Å². The summed E-state index contributed by atoms with van der Waals surface area (Å²) in [4.78, 5) is 9.32. The summed E-state index contributed by atoms with van der Waals surface area (Å²) in [6, 6.07) is 70.2. The Morgan fingerprint density at radius 3 is 1.45 bits per heavy atom. The summed E-state index contributed by atoms with van der Waals surface area (Å²) in [5.74, 6) is 0.912. The van der Waals surface area contributed by atoms with Crippen molar-refractivity contribution in [1.29, 1.82) is 0 Å². The molecule has 0 unspecified atom stereocenters. The van der Waals surface area contributed by atoms with E-state index in [9.17, 15) is 0 Å². The maximum Gasteiger partial charge on any atom is 0.145 e. The SMILES string of the molecule is c1ccc2c(c1)nc(-c1ccc(-c3ccncc3)cc1)n2-c1ccc(-n2c3ccccc3c3cc(-c4ccc5c6ccccc6c6ccccc6c5c4)ccc32)cc1. The van der Waals surface area contributed by atoms with Crippen molar-refractivity contribution in [2.45, 2.75) is 0 Å². The van der Waals surface area contributed by atoms with Crippen molar-refractivity contribution >= 4 is 65.2 Å². The van der Waals surface area contributed by atoms with Crippen LogP contribution in [0.25, 0.3) is 110 Å². The van der Waals surface area contributed by atoms with E-state index in [1.54, 1.807) is 0 Å². The average Bonchev–Trinajstić information content (AvgIpc) is 3.85. The molecule has 0 aliphatic carbocycles. The Balaban J connectivity index is 0.962. The smallest absolute Gasteiger partial charge is 0.145 e. The number of rotatable bonds is 5. The number of para-hydroxylation sites is 3. The maximum absolute atomic E-state index is 5.14. The fourth-order valence-corrected chi connectivity index (χ4v) is 9.11. The average molecular weight is 739 g/mol. The van der Waals surface area contributed by atoms with Crippen molar-refractivity contribution in [1.82, 2.24) is 19.1 Å². The number of nitrogens with zero attached hydrogens (tertiary/aromatic N) is 4. The van der Waals surface area contributed by atoms with Gasteiger partial charge in [-0.2, -0.15) is 0 Å². The van der Waals surface area contributed by atoms with Crippen LogP contribution < -0.4 is 0 Å². The fourth-order valence-electron chi connectivity index (χ4n) is 9.11. The van der Waals surface area contributed by atoms with Crippen LogP contribution in [-0.2, 0) is 0 Å². The lowest BCUT2D eigenvalue weighted by molar-refractivity contribution is 1.09. The van der Waals surface area contributed by atoms with Crippen molar-refractivity contribution in [3.8, 4) is 45.0 Å². The Morgan fingerprint density at radius 1 is 0.293 bits per heavy atom. The summed E-state index contributed by atoms with van der Waals surface area (Å²) in [7, 11) is 0. The quantitative estimate of drug-likeness (QED) is 0.165. The number of hydrogen-bond acceptors (Lipinski definition) is 2. The minimum Gasteiger partial charge on any atom is -0.309 e. The van der Waals surface area contributed by atoms with Crippen LogP contribution in [0.5, 0.6) is 0 Å². The van der Waals surface area contributed by atoms with E-state index < -0.39 is 0 Å². The molecule has 0 N–H and O–H groups in total. The molecule has 0 aliphatic heterocycles. The molecule has 0 saturated carbocycles. The second-order valence-electron chi connectivity index (χ2n) is 15.0. The van der Waals surface area contributed by atoms with Gasteiger partial charge in [0.25, 0.3) is 0 Å². The predicted molar refractivity (Wildman–Crippen MR) is 242 cm³/mol. The highest BCUT2D eigenvalue weighted by molar-refractivity contribution is 6.25. The zero-order chi connectivity index (χ0) is 38.2. The first-order valence-corrected chi connectivity index (χ1v) is 19.7. The van der Waals surface area contributed by atoms with Gasteiger partial charge >= 0.3 is 0 Å². The van der Waals surface area contributed by atoms with Crippen LogP contribution in [0, 0.1) is 0 Å². The Morgan fingerprint density at radius 2 is 0.759 bits per heavy atom. The molecule has 0 amide bonds. The number of benzene rings is 9. The topological polar surface area (TPSA) is 35.6 Å². The van der Waals surface area contributed by atoms with Crippen molar-refractivity contribution in [2.24, 2.45) is 0 Å². The molecule has 0 bridgehead atoms. The highest BCUT2D eigenvalue weighted by atomic mass is 15.1. The fraction of sp³-hybridized carbons (Fsp3) is 0. The third kappa shape index (κ3) is 5.02. The first kappa shape index (κ1) is 32.4. The summed E-state index contributed by atoms with van der Waals surface area (Å²) < 4.78 is 4.66. The number of fused-ring (bicyclic) bond motifs is 10. The van der Waals surface area contributed by atoms with E-state index >= 15 is 0 Å². The van der Waals surface area contributed by atoms with Crippen LogP contribution in [0.2, 0.25) is 0 Å². The number of aromatic nitrogens is 4. The van der Waals surface area contributed by atoms with Gasteiger partial charge in [0.05, 0.1) is 22.1 Å². The number of hydrogen-bond donors (Lipinski definition) is 0. The molecule has 3 aromatic heterocycles. The van der Waals surface area contributed by atoms with Gasteiger partial charge in [-0.25, -0.2) is 4.98 Å². The normalized spacial score (nSPS) is 11.8. The van der Waals surface area contributed by atoms with E-state index in [1.807, 2.05) is 24.5 Å². The lowest BCUT2D eigenvalue weighted by atomic mass is 9.92. The first-order chi connectivity index (χ1) is 28.8. The van der Waals surface area contributed by atoms with Gasteiger partial charge in [-0.15, -0.1) is 0 Å². The summed E-state index contributed by atoms with van der Waals surface area (Å²) in [5.41, 5.74) is 12.3. The highest BCUT2D eigenvalue weighted by Gasteiger charge is 2.17. The molecule has 0 radical (unpaired) electrons. The van der Waals surface area contributed by atoms with Crippen molar-refractivity contribution in [3.05, 3.63) is 207 Å². The second kappa shape index (κ2) is 12.9. The van der Waals surface area contributed by atoms with E-state index in [2.05, 4.69) is 196 Å². The molecule has 9 aromatic carbocycles. The molecule has 4 heteroatoms. The number of pyridine rings is 1. The molecule has 270 valence electrons. The molecule has 12 rings (SSSR count). The van der Waals surface area contributed by atoms with Gasteiger partial charge < -0.3 is 4.57 Å². The van der Waals surface area contributed by atoms with E-state index in [-0.39, 0.29) is 0 Å². The molecule has 12 aromatic rings. The summed E-state index contributed by atoms with van der Waals surface area (Å²) in [6.45, 7) is 0. The van der Waals surface area contributed by atoms with Gasteiger partial charge in [0.2, 0.25) is 0 Å². The summed E-state index contributed by atoms with van der Waals surface area (Å²) in [6.07, 6.45) is 3.66. The highest BCUT2D eigenvalue weighted by Crippen LogP contribution is 2.40. The minimum atomic E-state index is 0.912. The van der Waals surface area contributed by atoms with Gasteiger partial charge in [-0.3, -0.25) is 9.55 Å². The second-order valence-corrected chi connectivity index (χ2v) is 15.0. The van der Waals surface area contributed by atoms with Crippen LogP contribution in [0.4, 0.5) is 0 Å². The molecule has 0 saturated heterocycles. The minimum absolute atomic E-state index is 0.912. The van der Waals surface area contributed by atoms with Crippen LogP contribution >= 0.6 is 0 Å². The van der Waals surface area contributed by atoms with Crippen LogP contribution in [0.3, 0.4) is 0 Å². The third-order valence-corrected chi connectivity index (χ3v) is 11.8. The van der Waals surface area contributed by atoms with E-state index in [1.165, 1.54) is 65.3 Å². The molecule has 0 aliphatic rings. The van der Waals surface area contributed by atoms with Gasteiger partial charge in [-0.05, 0) is 127 Å². The molecule has 0 spiro atoms.